The van der Waals surface area contributed by atoms with Crippen LogP contribution in [0.15, 0.2) is 48.8 Å². The molecule has 1 amide bonds. The van der Waals surface area contributed by atoms with E-state index in [4.69, 9.17) is 0 Å². The number of rotatable bonds is 4. The van der Waals surface area contributed by atoms with Crippen LogP contribution in [0.2, 0.25) is 0 Å². The lowest BCUT2D eigenvalue weighted by Gasteiger charge is -2.04. The van der Waals surface area contributed by atoms with E-state index in [9.17, 15) is 4.79 Å². The third-order valence-electron chi connectivity index (χ3n) is 3.60. The number of hydrogen-bond donors (Lipinski definition) is 1. The number of benzene rings is 1. The molecule has 2 aromatic heterocycles. The maximum atomic E-state index is 12.1. The van der Waals surface area contributed by atoms with Gasteiger partial charge in [-0.15, -0.1) is 0 Å². The smallest absolute Gasteiger partial charge is 0.251 e. The third-order valence-corrected chi connectivity index (χ3v) is 3.60. The molecule has 0 saturated carbocycles. The van der Waals surface area contributed by atoms with Crippen molar-refractivity contribution < 1.29 is 4.79 Å². The van der Waals surface area contributed by atoms with E-state index in [0.29, 0.717) is 12.1 Å². The van der Waals surface area contributed by atoms with Crippen molar-refractivity contribution in [3.8, 4) is 0 Å². The summed E-state index contributed by atoms with van der Waals surface area (Å²) in [5.74, 6) is -0.0386. The fraction of sp³-hybridized carbons (Fsp3) is 0.222. The van der Waals surface area contributed by atoms with Crippen molar-refractivity contribution in [2.45, 2.75) is 20.3 Å². The number of imidazole rings is 1. The van der Waals surface area contributed by atoms with Crippen LogP contribution in [0.3, 0.4) is 0 Å². The van der Waals surface area contributed by atoms with Crippen LogP contribution in [0.4, 0.5) is 0 Å². The average Bonchev–Trinajstić information content (AvgIpc) is 2.89. The molecule has 0 bridgehead atoms. The molecule has 112 valence electrons. The Morgan fingerprint density at radius 2 is 2.00 bits per heavy atom. The minimum absolute atomic E-state index is 0.0386. The fourth-order valence-electron chi connectivity index (χ4n) is 2.47. The zero-order chi connectivity index (χ0) is 15.5. The van der Waals surface area contributed by atoms with Crippen molar-refractivity contribution in [3.63, 3.8) is 0 Å². The number of amides is 1. The van der Waals surface area contributed by atoms with Crippen LogP contribution in [0.5, 0.6) is 0 Å². The largest absolute Gasteiger partial charge is 0.352 e. The summed E-state index contributed by atoms with van der Waals surface area (Å²) in [5, 5.41) is 2.94. The van der Waals surface area contributed by atoms with Gasteiger partial charge in [-0.1, -0.05) is 23.8 Å². The molecule has 0 unspecified atom stereocenters. The van der Waals surface area contributed by atoms with Crippen molar-refractivity contribution in [3.05, 3.63) is 71.2 Å². The second-order valence-corrected chi connectivity index (χ2v) is 5.58. The highest BCUT2D eigenvalue weighted by Crippen LogP contribution is 2.08. The van der Waals surface area contributed by atoms with Gasteiger partial charge in [-0.25, -0.2) is 4.98 Å². The lowest BCUT2D eigenvalue weighted by Crippen LogP contribution is -2.25. The van der Waals surface area contributed by atoms with Crippen LogP contribution < -0.4 is 5.32 Å². The molecule has 1 N–H and O–H groups in total. The maximum absolute atomic E-state index is 12.1. The highest BCUT2D eigenvalue weighted by molar-refractivity contribution is 5.94. The zero-order valence-corrected chi connectivity index (χ0v) is 12.8. The summed E-state index contributed by atoms with van der Waals surface area (Å²) >= 11 is 0. The van der Waals surface area contributed by atoms with Gasteiger partial charge in [-0.05, 0) is 37.6 Å². The van der Waals surface area contributed by atoms with Crippen molar-refractivity contribution >= 4 is 11.6 Å². The maximum Gasteiger partial charge on any atom is 0.251 e. The van der Waals surface area contributed by atoms with Gasteiger partial charge in [0, 0.05) is 30.9 Å². The second-order valence-electron chi connectivity index (χ2n) is 5.58. The first-order valence-corrected chi connectivity index (χ1v) is 7.41. The minimum atomic E-state index is -0.0386. The van der Waals surface area contributed by atoms with E-state index < -0.39 is 0 Å². The molecule has 0 saturated heterocycles. The van der Waals surface area contributed by atoms with Gasteiger partial charge in [0.1, 0.15) is 5.65 Å². The highest BCUT2D eigenvalue weighted by Gasteiger charge is 2.06. The van der Waals surface area contributed by atoms with E-state index in [1.165, 1.54) is 5.56 Å². The molecule has 0 atom stereocenters. The van der Waals surface area contributed by atoms with E-state index in [-0.39, 0.29) is 5.91 Å². The highest BCUT2D eigenvalue weighted by atomic mass is 16.1. The molecule has 0 spiro atoms. The molecule has 22 heavy (non-hydrogen) atoms. The van der Waals surface area contributed by atoms with Gasteiger partial charge < -0.3 is 9.72 Å². The van der Waals surface area contributed by atoms with Crippen LogP contribution in [-0.4, -0.2) is 21.8 Å². The number of aromatic nitrogens is 2. The summed E-state index contributed by atoms with van der Waals surface area (Å²) < 4.78 is 2.02. The number of carbonyl (C=O) groups excluding carboxylic acids is 1. The first-order valence-electron chi connectivity index (χ1n) is 7.41. The normalized spacial score (nSPS) is 10.8. The minimum Gasteiger partial charge on any atom is -0.352 e. The first kappa shape index (κ1) is 14.3. The number of nitrogens with zero attached hydrogens (tertiary/aromatic N) is 2. The van der Waals surface area contributed by atoms with Crippen molar-refractivity contribution in [2.24, 2.45) is 0 Å². The Morgan fingerprint density at radius 3 is 2.82 bits per heavy atom. The van der Waals surface area contributed by atoms with Gasteiger partial charge in [0.25, 0.3) is 5.91 Å². The summed E-state index contributed by atoms with van der Waals surface area (Å²) in [6.07, 6.45) is 4.79. The van der Waals surface area contributed by atoms with E-state index in [1.807, 2.05) is 53.9 Å². The molecule has 0 aliphatic rings. The summed E-state index contributed by atoms with van der Waals surface area (Å²) in [7, 11) is 0. The number of hydrogen-bond acceptors (Lipinski definition) is 2. The van der Waals surface area contributed by atoms with Gasteiger partial charge in [0.2, 0.25) is 0 Å². The third kappa shape index (κ3) is 3.17. The zero-order valence-electron chi connectivity index (χ0n) is 12.8. The molecule has 0 aliphatic heterocycles. The van der Waals surface area contributed by atoms with Gasteiger partial charge in [-0.2, -0.15) is 0 Å². The van der Waals surface area contributed by atoms with Gasteiger partial charge in [0.15, 0.2) is 0 Å². The van der Waals surface area contributed by atoms with Gasteiger partial charge in [-0.3, -0.25) is 4.79 Å². The standard InChI is InChI=1S/C18H19N3O/c1-13-4-3-5-15(10-13)18(22)19-9-8-16-12-21-11-14(2)6-7-17(21)20-16/h3-7,10-12H,8-9H2,1-2H3,(H,19,22). The Labute approximate surface area is 129 Å². The van der Waals surface area contributed by atoms with Crippen molar-refractivity contribution in [2.75, 3.05) is 6.54 Å². The molecule has 0 fully saturated rings. The van der Waals surface area contributed by atoms with Gasteiger partial charge in [0.05, 0.1) is 5.69 Å². The number of pyridine rings is 1. The number of nitrogens with one attached hydrogen (secondary N) is 1. The average molecular weight is 293 g/mol. The molecular formula is C18H19N3O. The van der Waals surface area contributed by atoms with Crippen LogP contribution in [-0.2, 0) is 6.42 Å². The Morgan fingerprint density at radius 1 is 1.14 bits per heavy atom. The predicted molar refractivity (Wildman–Crippen MR) is 87.1 cm³/mol. The Balaban J connectivity index is 1.61. The van der Waals surface area contributed by atoms with Crippen molar-refractivity contribution in [1.29, 1.82) is 0 Å². The molecule has 0 radical (unpaired) electrons. The monoisotopic (exact) mass is 293 g/mol. The quantitative estimate of drug-likeness (QED) is 0.804. The molecular weight excluding hydrogens is 274 g/mol. The predicted octanol–water partition coefficient (Wildman–Crippen LogP) is 2.92. The molecule has 2 heterocycles. The van der Waals surface area contributed by atoms with Crippen LogP contribution in [0.1, 0.15) is 27.2 Å². The summed E-state index contributed by atoms with van der Waals surface area (Å²) in [4.78, 5) is 16.6. The molecule has 4 nitrogen and oxygen atoms in total. The molecule has 3 aromatic rings. The van der Waals surface area contributed by atoms with Crippen LogP contribution in [0.25, 0.3) is 5.65 Å². The SMILES string of the molecule is Cc1cccc(C(=O)NCCc2cn3cc(C)ccc3n2)c1. The lowest BCUT2D eigenvalue weighted by molar-refractivity contribution is 0.0954. The lowest BCUT2D eigenvalue weighted by atomic mass is 10.1. The first-order chi connectivity index (χ1) is 10.6. The van der Waals surface area contributed by atoms with Crippen molar-refractivity contribution in [1.82, 2.24) is 14.7 Å². The second kappa shape index (κ2) is 6.02. The van der Waals surface area contributed by atoms with Crippen LogP contribution in [0, 0.1) is 13.8 Å². The van der Waals surface area contributed by atoms with E-state index >= 15 is 0 Å². The summed E-state index contributed by atoms with van der Waals surface area (Å²) in [6, 6.07) is 11.7. The summed E-state index contributed by atoms with van der Waals surface area (Å²) in [6.45, 7) is 4.62. The van der Waals surface area contributed by atoms with E-state index in [1.54, 1.807) is 0 Å². The molecule has 0 aliphatic carbocycles. The molecule has 3 rings (SSSR count). The molecule has 1 aromatic carbocycles. The number of carbonyl (C=O) groups is 1. The fourth-order valence-corrected chi connectivity index (χ4v) is 2.47. The Hall–Kier alpha value is -2.62. The number of fused-ring (bicyclic) bond motifs is 1. The number of aryl methyl sites for hydroxylation is 2. The summed E-state index contributed by atoms with van der Waals surface area (Å²) in [5.41, 5.74) is 4.90. The van der Waals surface area contributed by atoms with Gasteiger partial charge >= 0.3 is 0 Å². The topological polar surface area (TPSA) is 46.4 Å². The Bertz CT molecular complexity index is 820. The van der Waals surface area contributed by atoms with Crippen LogP contribution >= 0.6 is 0 Å². The Kier molecular flexibility index (Phi) is 3.92. The molecule has 4 heteroatoms. The van der Waals surface area contributed by atoms with E-state index in [2.05, 4.69) is 23.4 Å². The van der Waals surface area contributed by atoms with E-state index in [0.717, 1.165) is 23.3 Å².